The SMILES string of the molecule is CNS(=O)(=O)c1ccc(CNc2ncnc3nc(N)ccc23)cc1. The van der Waals surface area contributed by atoms with E-state index in [2.05, 4.69) is 25.0 Å². The lowest BCUT2D eigenvalue weighted by Gasteiger charge is -2.09. The fraction of sp³-hybridized carbons (Fsp3) is 0.133. The van der Waals surface area contributed by atoms with E-state index in [0.717, 1.165) is 10.9 Å². The highest BCUT2D eigenvalue weighted by molar-refractivity contribution is 7.89. The van der Waals surface area contributed by atoms with Crippen LogP contribution in [0.5, 0.6) is 0 Å². The first-order chi connectivity index (χ1) is 11.5. The first-order valence-electron chi connectivity index (χ1n) is 7.13. The number of nitrogens with zero attached hydrogens (tertiary/aromatic N) is 3. The fourth-order valence-electron chi connectivity index (χ4n) is 2.19. The van der Waals surface area contributed by atoms with Crippen LogP contribution in [-0.4, -0.2) is 30.4 Å². The summed E-state index contributed by atoms with van der Waals surface area (Å²) in [6.07, 6.45) is 1.42. The largest absolute Gasteiger partial charge is 0.384 e. The van der Waals surface area contributed by atoms with Gasteiger partial charge in [0.05, 0.1) is 10.3 Å². The molecule has 3 aromatic rings. The lowest BCUT2D eigenvalue weighted by atomic mass is 10.2. The van der Waals surface area contributed by atoms with Gasteiger partial charge in [0.1, 0.15) is 18.0 Å². The second-order valence-electron chi connectivity index (χ2n) is 5.03. The van der Waals surface area contributed by atoms with Gasteiger partial charge >= 0.3 is 0 Å². The van der Waals surface area contributed by atoms with E-state index in [1.807, 2.05) is 6.07 Å². The molecule has 0 unspecified atom stereocenters. The molecule has 0 aliphatic rings. The molecule has 2 heterocycles. The molecule has 0 atom stereocenters. The van der Waals surface area contributed by atoms with Crippen molar-refractivity contribution in [1.82, 2.24) is 19.7 Å². The number of nitrogens with two attached hydrogens (primary N) is 1. The Morgan fingerprint density at radius 3 is 2.54 bits per heavy atom. The smallest absolute Gasteiger partial charge is 0.240 e. The van der Waals surface area contributed by atoms with Crippen molar-refractivity contribution in [2.24, 2.45) is 0 Å². The van der Waals surface area contributed by atoms with E-state index in [-0.39, 0.29) is 4.90 Å². The number of benzene rings is 1. The van der Waals surface area contributed by atoms with E-state index in [1.165, 1.54) is 13.4 Å². The topological polar surface area (TPSA) is 123 Å². The Balaban J connectivity index is 1.79. The number of aromatic nitrogens is 3. The number of rotatable bonds is 5. The van der Waals surface area contributed by atoms with Gasteiger partial charge < -0.3 is 11.1 Å². The Morgan fingerprint density at radius 2 is 1.83 bits per heavy atom. The molecule has 2 aromatic heterocycles. The normalized spacial score (nSPS) is 11.5. The Hall–Kier alpha value is -2.78. The van der Waals surface area contributed by atoms with Gasteiger partial charge in [-0.25, -0.2) is 28.1 Å². The lowest BCUT2D eigenvalue weighted by Crippen LogP contribution is -2.18. The standard InChI is InChI=1S/C15H16N6O2S/c1-17-24(22,23)11-4-2-10(3-5-11)8-18-14-12-6-7-13(16)21-15(12)20-9-19-14/h2-7,9,17H,8H2,1H3,(H3,16,18,19,20,21). The first-order valence-corrected chi connectivity index (χ1v) is 8.61. The van der Waals surface area contributed by atoms with Crippen LogP contribution >= 0.6 is 0 Å². The zero-order valence-electron chi connectivity index (χ0n) is 12.9. The van der Waals surface area contributed by atoms with Crippen molar-refractivity contribution in [3.63, 3.8) is 0 Å². The van der Waals surface area contributed by atoms with E-state index in [0.29, 0.717) is 23.8 Å². The molecule has 24 heavy (non-hydrogen) atoms. The average molecular weight is 344 g/mol. The van der Waals surface area contributed by atoms with Gasteiger partial charge in [-0.1, -0.05) is 12.1 Å². The molecule has 1 aromatic carbocycles. The second-order valence-corrected chi connectivity index (χ2v) is 6.92. The maximum atomic E-state index is 11.7. The van der Waals surface area contributed by atoms with Crippen molar-refractivity contribution in [2.45, 2.75) is 11.4 Å². The molecule has 0 spiro atoms. The van der Waals surface area contributed by atoms with Crippen LogP contribution in [0.2, 0.25) is 0 Å². The van der Waals surface area contributed by atoms with Gasteiger partial charge in [-0.3, -0.25) is 0 Å². The van der Waals surface area contributed by atoms with Crippen molar-refractivity contribution in [3.8, 4) is 0 Å². The van der Waals surface area contributed by atoms with Gasteiger partial charge in [0, 0.05) is 6.54 Å². The molecule has 0 aliphatic carbocycles. The monoisotopic (exact) mass is 344 g/mol. The van der Waals surface area contributed by atoms with Gasteiger partial charge in [0.2, 0.25) is 10.0 Å². The summed E-state index contributed by atoms with van der Waals surface area (Å²) in [7, 11) is -2.05. The predicted octanol–water partition coefficient (Wildman–Crippen LogP) is 1.13. The highest BCUT2D eigenvalue weighted by atomic mass is 32.2. The van der Waals surface area contributed by atoms with Crippen molar-refractivity contribution in [1.29, 1.82) is 0 Å². The summed E-state index contributed by atoms with van der Waals surface area (Å²) in [6.45, 7) is 0.483. The molecule has 0 radical (unpaired) electrons. The molecule has 8 nitrogen and oxygen atoms in total. The third-order valence-corrected chi connectivity index (χ3v) is 4.91. The minimum absolute atomic E-state index is 0.223. The van der Waals surface area contributed by atoms with Crippen LogP contribution in [0, 0.1) is 0 Å². The molecule has 3 rings (SSSR count). The maximum Gasteiger partial charge on any atom is 0.240 e. The highest BCUT2D eigenvalue weighted by Crippen LogP contribution is 2.19. The summed E-state index contributed by atoms with van der Waals surface area (Å²) in [5, 5.41) is 3.96. The molecule has 0 fully saturated rings. The Kier molecular flexibility index (Phi) is 4.28. The van der Waals surface area contributed by atoms with Gasteiger partial charge in [-0.15, -0.1) is 0 Å². The van der Waals surface area contributed by atoms with Crippen molar-refractivity contribution < 1.29 is 8.42 Å². The minimum atomic E-state index is -3.43. The molecule has 0 saturated carbocycles. The summed E-state index contributed by atoms with van der Waals surface area (Å²) >= 11 is 0. The van der Waals surface area contributed by atoms with E-state index < -0.39 is 10.0 Å². The number of nitrogen functional groups attached to an aromatic ring is 1. The van der Waals surface area contributed by atoms with Crippen molar-refractivity contribution in [2.75, 3.05) is 18.1 Å². The van der Waals surface area contributed by atoms with Gasteiger partial charge in [-0.05, 0) is 36.9 Å². The Bertz CT molecular complexity index is 973. The fourth-order valence-corrected chi connectivity index (χ4v) is 2.92. The Labute approximate surface area is 139 Å². The average Bonchev–Trinajstić information content (AvgIpc) is 2.60. The first kappa shape index (κ1) is 16.1. The van der Waals surface area contributed by atoms with Gasteiger partial charge in [0.25, 0.3) is 0 Å². The third kappa shape index (κ3) is 3.26. The molecular weight excluding hydrogens is 328 g/mol. The summed E-state index contributed by atoms with van der Waals surface area (Å²) in [5.74, 6) is 1.04. The minimum Gasteiger partial charge on any atom is -0.384 e. The van der Waals surface area contributed by atoms with Crippen LogP contribution in [0.3, 0.4) is 0 Å². The molecule has 0 amide bonds. The van der Waals surface area contributed by atoms with E-state index in [4.69, 9.17) is 5.73 Å². The highest BCUT2D eigenvalue weighted by Gasteiger charge is 2.10. The molecule has 9 heteroatoms. The van der Waals surface area contributed by atoms with E-state index >= 15 is 0 Å². The van der Waals surface area contributed by atoms with Crippen LogP contribution in [0.4, 0.5) is 11.6 Å². The number of fused-ring (bicyclic) bond motifs is 1. The molecule has 4 N–H and O–H groups in total. The molecule has 0 aliphatic heterocycles. The number of nitrogens with one attached hydrogen (secondary N) is 2. The maximum absolute atomic E-state index is 11.7. The number of hydrogen-bond donors (Lipinski definition) is 3. The number of anilines is 2. The van der Waals surface area contributed by atoms with E-state index in [1.54, 1.807) is 30.3 Å². The number of sulfonamides is 1. The zero-order chi connectivity index (χ0) is 17.2. The predicted molar refractivity (Wildman–Crippen MR) is 91.8 cm³/mol. The van der Waals surface area contributed by atoms with Crippen LogP contribution in [0.25, 0.3) is 11.0 Å². The molecule has 124 valence electrons. The van der Waals surface area contributed by atoms with Crippen molar-refractivity contribution in [3.05, 3.63) is 48.3 Å². The van der Waals surface area contributed by atoms with E-state index in [9.17, 15) is 8.42 Å². The lowest BCUT2D eigenvalue weighted by molar-refractivity contribution is 0.588. The molecule has 0 saturated heterocycles. The third-order valence-electron chi connectivity index (χ3n) is 3.48. The second kappa shape index (κ2) is 6.38. The van der Waals surface area contributed by atoms with Gasteiger partial charge in [-0.2, -0.15) is 0 Å². The van der Waals surface area contributed by atoms with Crippen LogP contribution < -0.4 is 15.8 Å². The quantitative estimate of drug-likeness (QED) is 0.634. The van der Waals surface area contributed by atoms with Crippen LogP contribution in [0.1, 0.15) is 5.56 Å². The summed E-state index contributed by atoms with van der Waals surface area (Å²) < 4.78 is 25.7. The summed E-state index contributed by atoms with van der Waals surface area (Å²) in [6, 6.07) is 10.1. The van der Waals surface area contributed by atoms with Crippen LogP contribution in [0.15, 0.2) is 47.6 Å². The molecule has 0 bridgehead atoms. The van der Waals surface area contributed by atoms with Crippen molar-refractivity contribution >= 4 is 32.7 Å². The number of pyridine rings is 1. The summed E-state index contributed by atoms with van der Waals surface area (Å²) in [5.41, 5.74) is 7.09. The molecular formula is C15H16N6O2S. The zero-order valence-corrected chi connectivity index (χ0v) is 13.7. The summed E-state index contributed by atoms with van der Waals surface area (Å²) in [4.78, 5) is 12.7. The number of hydrogen-bond acceptors (Lipinski definition) is 7. The van der Waals surface area contributed by atoms with Crippen LogP contribution in [-0.2, 0) is 16.6 Å². The Morgan fingerprint density at radius 1 is 1.08 bits per heavy atom. The van der Waals surface area contributed by atoms with Gasteiger partial charge in [0.15, 0.2) is 5.65 Å².